The molecule has 1 aromatic carbocycles. The third-order valence-electron chi connectivity index (χ3n) is 5.52. The van der Waals surface area contributed by atoms with E-state index in [-0.39, 0.29) is 23.3 Å². The lowest BCUT2D eigenvalue weighted by atomic mass is 10.1. The predicted octanol–water partition coefficient (Wildman–Crippen LogP) is 0.960. The molecule has 0 bridgehead atoms. The van der Waals surface area contributed by atoms with Gasteiger partial charge in [0.1, 0.15) is 5.82 Å². The molecule has 0 aliphatic carbocycles. The number of hydrogen-bond donors (Lipinski definition) is 1. The number of methoxy groups -OCH3 is 1. The van der Waals surface area contributed by atoms with Crippen LogP contribution in [-0.2, 0) is 20.9 Å². The Bertz CT molecular complexity index is 728. The Morgan fingerprint density at radius 2 is 2.03 bits per heavy atom. The summed E-state index contributed by atoms with van der Waals surface area (Å²) >= 11 is 5.76. The monoisotopic (exact) mass is 426 g/mol. The molecule has 2 aliphatic rings. The van der Waals surface area contributed by atoms with Crippen molar-refractivity contribution in [1.82, 2.24) is 20.0 Å². The highest BCUT2D eigenvalue weighted by molar-refractivity contribution is 6.30. The molecule has 2 heterocycles. The van der Waals surface area contributed by atoms with Gasteiger partial charge in [0.15, 0.2) is 0 Å². The molecular formula is C20H28ClFN4O3. The average molecular weight is 427 g/mol. The molecule has 29 heavy (non-hydrogen) atoms. The van der Waals surface area contributed by atoms with Crippen LogP contribution in [0.25, 0.3) is 0 Å². The molecule has 160 valence electrons. The van der Waals surface area contributed by atoms with Gasteiger partial charge in [0.05, 0.1) is 24.1 Å². The van der Waals surface area contributed by atoms with Crippen molar-refractivity contribution >= 4 is 23.4 Å². The zero-order valence-corrected chi connectivity index (χ0v) is 17.5. The molecule has 0 aromatic heterocycles. The first kappa shape index (κ1) is 22.0. The van der Waals surface area contributed by atoms with Crippen LogP contribution in [0.5, 0.6) is 0 Å². The fourth-order valence-corrected chi connectivity index (χ4v) is 3.90. The Labute approximate surface area is 175 Å². The molecule has 2 aliphatic heterocycles. The Kier molecular flexibility index (Phi) is 7.83. The van der Waals surface area contributed by atoms with E-state index >= 15 is 0 Å². The number of amides is 2. The maximum absolute atomic E-state index is 13.8. The number of carbonyl (C=O) groups excluding carboxylic acids is 2. The molecule has 1 aromatic rings. The lowest BCUT2D eigenvalue weighted by molar-refractivity contribution is -0.140. The Hall–Kier alpha value is -1.74. The normalized spacial score (nSPS) is 21.3. The summed E-state index contributed by atoms with van der Waals surface area (Å²) in [4.78, 5) is 31.3. The van der Waals surface area contributed by atoms with E-state index in [9.17, 15) is 14.0 Å². The van der Waals surface area contributed by atoms with Gasteiger partial charge in [-0.3, -0.25) is 19.4 Å². The van der Waals surface area contributed by atoms with E-state index < -0.39 is 11.9 Å². The smallest absolute Gasteiger partial charge is 0.237 e. The number of benzene rings is 1. The molecule has 2 saturated heterocycles. The molecule has 0 radical (unpaired) electrons. The van der Waals surface area contributed by atoms with E-state index in [1.807, 2.05) is 9.80 Å². The quantitative estimate of drug-likeness (QED) is 0.703. The third kappa shape index (κ3) is 5.88. The van der Waals surface area contributed by atoms with Gasteiger partial charge in [0.2, 0.25) is 11.8 Å². The number of halogens is 2. The highest BCUT2D eigenvalue weighted by Crippen LogP contribution is 2.20. The fourth-order valence-electron chi connectivity index (χ4n) is 3.78. The van der Waals surface area contributed by atoms with Crippen molar-refractivity contribution in [3.05, 3.63) is 34.6 Å². The number of nitrogens with zero attached hydrogens (tertiary/aromatic N) is 3. The Balaban J connectivity index is 1.58. The summed E-state index contributed by atoms with van der Waals surface area (Å²) in [6.45, 7) is 5.96. The number of piperazine rings is 2. The molecule has 2 fully saturated rings. The predicted molar refractivity (Wildman–Crippen MR) is 108 cm³/mol. The van der Waals surface area contributed by atoms with Gasteiger partial charge in [0.25, 0.3) is 0 Å². The summed E-state index contributed by atoms with van der Waals surface area (Å²) in [5.74, 6) is -0.659. The van der Waals surface area contributed by atoms with Crippen LogP contribution in [0.2, 0.25) is 5.02 Å². The van der Waals surface area contributed by atoms with Gasteiger partial charge < -0.3 is 15.0 Å². The lowest BCUT2D eigenvalue weighted by Gasteiger charge is -2.38. The van der Waals surface area contributed by atoms with Crippen LogP contribution in [0.4, 0.5) is 4.39 Å². The standard InChI is InChI=1S/C20H28ClFN4O3/c1-29-11-10-24-6-8-25(9-7-24)19(27)13-18-20(28)23-4-5-26(18)14-15-2-3-16(21)17(22)12-15/h2-3,12,18H,4-11,13-14H2,1H3,(H,23,28). The van der Waals surface area contributed by atoms with E-state index in [4.69, 9.17) is 16.3 Å². The second kappa shape index (κ2) is 10.3. The number of ether oxygens (including phenoxy) is 1. The molecule has 0 saturated carbocycles. The molecule has 0 spiro atoms. The van der Waals surface area contributed by atoms with E-state index in [1.165, 1.54) is 12.1 Å². The van der Waals surface area contributed by atoms with Gasteiger partial charge >= 0.3 is 0 Å². The zero-order valence-electron chi connectivity index (χ0n) is 16.7. The SMILES string of the molecule is COCCN1CCN(C(=O)CC2C(=O)NCCN2Cc2ccc(Cl)c(F)c2)CC1. The minimum atomic E-state index is -0.554. The lowest BCUT2D eigenvalue weighted by Crippen LogP contribution is -2.57. The first-order valence-corrected chi connectivity index (χ1v) is 10.3. The summed E-state index contributed by atoms with van der Waals surface area (Å²) in [6.07, 6.45) is 0.125. The third-order valence-corrected chi connectivity index (χ3v) is 5.82. The van der Waals surface area contributed by atoms with Crippen LogP contribution in [0.1, 0.15) is 12.0 Å². The summed E-state index contributed by atoms with van der Waals surface area (Å²) in [5.41, 5.74) is 0.728. The van der Waals surface area contributed by atoms with Crippen molar-refractivity contribution < 1.29 is 18.7 Å². The van der Waals surface area contributed by atoms with Crippen LogP contribution in [0.15, 0.2) is 18.2 Å². The zero-order chi connectivity index (χ0) is 20.8. The van der Waals surface area contributed by atoms with Crippen molar-refractivity contribution in [2.45, 2.75) is 19.0 Å². The van der Waals surface area contributed by atoms with Crippen LogP contribution < -0.4 is 5.32 Å². The van der Waals surface area contributed by atoms with Crippen molar-refractivity contribution in [2.24, 2.45) is 0 Å². The van der Waals surface area contributed by atoms with Gasteiger partial charge in [-0.25, -0.2) is 4.39 Å². The van der Waals surface area contributed by atoms with E-state index in [0.29, 0.717) is 39.3 Å². The topological polar surface area (TPSA) is 65.1 Å². The minimum Gasteiger partial charge on any atom is -0.383 e. The van der Waals surface area contributed by atoms with E-state index in [2.05, 4.69) is 10.2 Å². The number of hydrogen-bond acceptors (Lipinski definition) is 5. The molecule has 2 amide bonds. The van der Waals surface area contributed by atoms with Crippen molar-refractivity contribution in [3.63, 3.8) is 0 Å². The minimum absolute atomic E-state index is 0.0225. The summed E-state index contributed by atoms with van der Waals surface area (Å²) in [6, 6.07) is 4.09. The van der Waals surface area contributed by atoms with Crippen LogP contribution >= 0.6 is 11.6 Å². The Morgan fingerprint density at radius 3 is 2.72 bits per heavy atom. The van der Waals surface area contributed by atoms with Crippen molar-refractivity contribution in [3.8, 4) is 0 Å². The highest BCUT2D eigenvalue weighted by atomic mass is 35.5. The summed E-state index contributed by atoms with van der Waals surface area (Å²) in [5, 5.41) is 2.91. The second-order valence-corrected chi connectivity index (χ2v) is 7.85. The average Bonchev–Trinajstić information content (AvgIpc) is 2.72. The van der Waals surface area contributed by atoms with E-state index in [1.54, 1.807) is 13.2 Å². The number of carbonyl (C=O) groups is 2. The maximum atomic E-state index is 13.8. The molecule has 1 atom stereocenters. The number of nitrogens with one attached hydrogen (secondary N) is 1. The Morgan fingerprint density at radius 1 is 1.28 bits per heavy atom. The maximum Gasteiger partial charge on any atom is 0.237 e. The molecule has 1 unspecified atom stereocenters. The second-order valence-electron chi connectivity index (χ2n) is 7.45. The van der Waals surface area contributed by atoms with Crippen molar-refractivity contribution in [2.75, 3.05) is 59.5 Å². The molecule has 3 rings (SSSR count). The van der Waals surface area contributed by atoms with E-state index in [0.717, 1.165) is 25.2 Å². The van der Waals surface area contributed by atoms with Gasteiger partial charge in [-0.05, 0) is 17.7 Å². The first-order chi connectivity index (χ1) is 14.0. The van der Waals surface area contributed by atoms with Crippen LogP contribution in [0, 0.1) is 5.82 Å². The van der Waals surface area contributed by atoms with Gasteiger partial charge in [0, 0.05) is 59.5 Å². The number of rotatable bonds is 7. The van der Waals surface area contributed by atoms with Gasteiger partial charge in [-0.15, -0.1) is 0 Å². The molecule has 9 heteroatoms. The van der Waals surface area contributed by atoms with Gasteiger partial charge in [-0.1, -0.05) is 17.7 Å². The molecule has 7 nitrogen and oxygen atoms in total. The summed E-state index contributed by atoms with van der Waals surface area (Å²) < 4.78 is 18.9. The molecule has 1 N–H and O–H groups in total. The van der Waals surface area contributed by atoms with Gasteiger partial charge in [-0.2, -0.15) is 0 Å². The molecular weight excluding hydrogens is 399 g/mol. The van der Waals surface area contributed by atoms with Crippen molar-refractivity contribution in [1.29, 1.82) is 0 Å². The fraction of sp³-hybridized carbons (Fsp3) is 0.600. The van der Waals surface area contributed by atoms with Crippen LogP contribution in [-0.4, -0.2) is 92.1 Å². The summed E-state index contributed by atoms with van der Waals surface area (Å²) in [7, 11) is 1.68. The van der Waals surface area contributed by atoms with Crippen LogP contribution in [0.3, 0.4) is 0 Å². The first-order valence-electron chi connectivity index (χ1n) is 9.92. The highest BCUT2D eigenvalue weighted by Gasteiger charge is 2.33. The largest absolute Gasteiger partial charge is 0.383 e.